The van der Waals surface area contributed by atoms with Crippen LogP contribution in [0.1, 0.15) is 28.8 Å². The number of anilines is 2. The van der Waals surface area contributed by atoms with Crippen LogP contribution in [0.25, 0.3) is 16.9 Å². The van der Waals surface area contributed by atoms with Crippen molar-refractivity contribution in [2.24, 2.45) is 0 Å². The molecule has 0 saturated carbocycles. The standard InChI is InChI=1S/C26H24N4O3/c1-17-12-13-22-28-23(18-7-3-2-4-8-18)24(30(22)16-17)29-25(31)19-9-5-10-20(15-19)27-26(32)21-11-6-14-33-21/h2-5,7-10,12-13,15-16,21H,6,11,14H2,1H3,(H,27,32)(H,29,31)/t21-/m1/s1. The maximum absolute atomic E-state index is 13.2. The van der Waals surface area contributed by atoms with Gasteiger partial charge in [0.05, 0.1) is 0 Å². The number of aryl methyl sites for hydroxylation is 1. The Balaban J connectivity index is 1.44. The van der Waals surface area contributed by atoms with Gasteiger partial charge in [0.15, 0.2) is 0 Å². The molecule has 0 bridgehead atoms. The lowest BCUT2D eigenvalue weighted by atomic mass is 10.1. The van der Waals surface area contributed by atoms with E-state index in [1.54, 1.807) is 24.3 Å². The summed E-state index contributed by atoms with van der Waals surface area (Å²) in [5, 5.41) is 5.89. The summed E-state index contributed by atoms with van der Waals surface area (Å²) in [7, 11) is 0. The van der Waals surface area contributed by atoms with Crippen molar-refractivity contribution in [1.29, 1.82) is 0 Å². The van der Waals surface area contributed by atoms with E-state index in [2.05, 4.69) is 10.6 Å². The summed E-state index contributed by atoms with van der Waals surface area (Å²) in [5.74, 6) is 0.121. The van der Waals surface area contributed by atoms with Crippen molar-refractivity contribution in [3.05, 3.63) is 84.1 Å². The normalized spacial score (nSPS) is 15.5. The topological polar surface area (TPSA) is 84.7 Å². The molecule has 4 aromatic rings. The summed E-state index contributed by atoms with van der Waals surface area (Å²) in [6.45, 7) is 2.59. The average molecular weight is 441 g/mol. The van der Waals surface area contributed by atoms with Gasteiger partial charge in [0.2, 0.25) is 0 Å². The highest BCUT2D eigenvalue weighted by Gasteiger charge is 2.24. The number of carbonyl (C=O) groups is 2. The van der Waals surface area contributed by atoms with E-state index >= 15 is 0 Å². The second-order valence-electron chi connectivity index (χ2n) is 8.14. The molecule has 33 heavy (non-hydrogen) atoms. The number of amides is 2. The molecule has 166 valence electrons. The van der Waals surface area contributed by atoms with Crippen LogP contribution in [0.15, 0.2) is 72.9 Å². The van der Waals surface area contributed by atoms with Gasteiger partial charge in [-0.25, -0.2) is 4.98 Å². The summed E-state index contributed by atoms with van der Waals surface area (Å²) in [4.78, 5) is 30.4. The third-order valence-electron chi connectivity index (χ3n) is 5.66. The number of hydrogen-bond acceptors (Lipinski definition) is 4. The van der Waals surface area contributed by atoms with E-state index in [0.29, 0.717) is 35.8 Å². The zero-order valence-electron chi connectivity index (χ0n) is 18.2. The van der Waals surface area contributed by atoms with Crippen molar-refractivity contribution >= 4 is 29.0 Å². The van der Waals surface area contributed by atoms with Gasteiger partial charge < -0.3 is 15.4 Å². The lowest BCUT2D eigenvalue weighted by Gasteiger charge is -2.12. The summed E-state index contributed by atoms with van der Waals surface area (Å²) >= 11 is 0. The summed E-state index contributed by atoms with van der Waals surface area (Å²) in [6.07, 6.45) is 3.10. The molecule has 7 nitrogen and oxygen atoms in total. The highest BCUT2D eigenvalue weighted by molar-refractivity contribution is 6.07. The number of fused-ring (bicyclic) bond motifs is 1. The minimum Gasteiger partial charge on any atom is -0.368 e. The number of ether oxygens (including phenoxy) is 1. The van der Waals surface area contributed by atoms with Crippen molar-refractivity contribution in [2.45, 2.75) is 25.9 Å². The second-order valence-corrected chi connectivity index (χ2v) is 8.14. The SMILES string of the molecule is Cc1ccc2nc(-c3ccccc3)c(NC(=O)c3cccc(NC(=O)[C@H]4CCCO4)c3)n2c1. The van der Waals surface area contributed by atoms with Crippen LogP contribution in [0, 0.1) is 6.92 Å². The van der Waals surface area contributed by atoms with Crippen LogP contribution in [-0.2, 0) is 9.53 Å². The number of pyridine rings is 1. The van der Waals surface area contributed by atoms with Gasteiger partial charge in [-0.3, -0.25) is 14.0 Å². The van der Waals surface area contributed by atoms with E-state index < -0.39 is 6.10 Å². The number of rotatable bonds is 5. The molecule has 2 N–H and O–H groups in total. The van der Waals surface area contributed by atoms with Gasteiger partial charge in [-0.05, 0) is 49.6 Å². The van der Waals surface area contributed by atoms with E-state index in [1.807, 2.05) is 60.0 Å². The van der Waals surface area contributed by atoms with Crippen LogP contribution in [0.2, 0.25) is 0 Å². The highest BCUT2D eigenvalue weighted by atomic mass is 16.5. The van der Waals surface area contributed by atoms with Gasteiger partial charge >= 0.3 is 0 Å². The minimum absolute atomic E-state index is 0.186. The van der Waals surface area contributed by atoms with Crippen molar-refractivity contribution in [3.63, 3.8) is 0 Å². The summed E-state index contributed by atoms with van der Waals surface area (Å²) in [6, 6.07) is 20.6. The molecule has 0 unspecified atom stereocenters. The number of nitrogens with one attached hydrogen (secondary N) is 2. The van der Waals surface area contributed by atoms with Crippen molar-refractivity contribution < 1.29 is 14.3 Å². The lowest BCUT2D eigenvalue weighted by molar-refractivity contribution is -0.124. The lowest BCUT2D eigenvalue weighted by Crippen LogP contribution is -2.27. The van der Waals surface area contributed by atoms with Crippen molar-refractivity contribution in [3.8, 4) is 11.3 Å². The number of benzene rings is 2. The van der Waals surface area contributed by atoms with Crippen LogP contribution in [0.4, 0.5) is 11.5 Å². The maximum Gasteiger partial charge on any atom is 0.256 e. The van der Waals surface area contributed by atoms with Crippen LogP contribution >= 0.6 is 0 Å². The molecule has 7 heteroatoms. The van der Waals surface area contributed by atoms with Gasteiger partial charge in [-0.2, -0.15) is 0 Å². The molecule has 1 aliphatic rings. The molecule has 2 aromatic heterocycles. The van der Waals surface area contributed by atoms with Crippen LogP contribution < -0.4 is 10.6 Å². The minimum atomic E-state index is -0.433. The van der Waals surface area contributed by atoms with E-state index in [1.165, 1.54) is 0 Å². The molecule has 1 atom stereocenters. The quantitative estimate of drug-likeness (QED) is 0.472. The molecule has 1 aliphatic heterocycles. The average Bonchev–Trinajstić information content (AvgIpc) is 3.49. The van der Waals surface area contributed by atoms with Gasteiger partial charge in [0, 0.05) is 29.6 Å². The molecular formula is C26H24N4O3. The fourth-order valence-corrected chi connectivity index (χ4v) is 3.99. The summed E-state index contributed by atoms with van der Waals surface area (Å²) in [5.41, 5.74) is 4.38. The molecule has 0 spiro atoms. The van der Waals surface area contributed by atoms with E-state index in [4.69, 9.17) is 9.72 Å². The van der Waals surface area contributed by atoms with Gasteiger partial charge in [-0.15, -0.1) is 0 Å². The molecule has 3 heterocycles. The molecule has 0 radical (unpaired) electrons. The number of nitrogens with zero attached hydrogens (tertiary/aromatic N) is 2. The molecule has 1 fully saturated rings. The van der Waals surface area contributed by atoms with Crippen LogP contribution in [0.3, 0.4) is 0 Å². The first-order chi connectivity index (χ1) is 16.1. The predicted molar refractivity (Wildman–Crippen MR) is 127 cm³/mol. The molecule has 2 aromatic carbocycles. The van der Waals surface area contributed by atoms with Gasteiger partial charge in [0.1, 0.15) is 23.3 Å². The predicted octanol–water partition coefficient (Wildman–Crippen LogP) is 4.68. The molecular weight excluding hydrogens is 416 g/mol. The number of carbonyl (C=O) groups excluding carboxylic acids is 2. The number of aromatic nitrogens is 2. The molecule has 1 saturated heterocycles. The third kappa shape index (κ3) is 4.36. The first kappa shape index (κ1) is 20.9. The zero-order chi connectivity index (χ0) is 22.8. The molecule has 2 amide bonds. The summed E-state index contributed by atoms with van der Waals surface area (Å²) < 4.78 is 7.33. The van der Waals surface area contributed by atoms with Gasteiger partial charge in [-0.1, -0.05) is 42.5 Å². The van der Waals surface area contributed by atoms with Crippen LogP contribution in [-0.4, -0.2) is 33.9 Å². The highest BCUT2D eigenvalue weighted by Crippen LogP contribution is 2.29. The van der Waals surface area contributed by atoms with Crippen LogP contribution in [0.5, 0.6) is 0 Å². The maximum atomic E-state index is 13.2. The third-order valence-corrected chi connectivity index (χ3v) is 5.66. The Morgan fingerprint density at radius 3 is 2.67 bits per heavy atom. The van der Waals surface area contributed by atoms with Crippen molar-refractivity contribution in [1.82, 2.24) is 9.38 Å². The Morgan fingerprint density at radius 2 is 1.88 bits per heavy atom. The zero-order valence-corrected chi connectivity index (χ0v) is 18.2. The van der Waals surface area contributed by atoms with E-state index in [9.17, 15) is 9.59 Å². The largest absolute Gasteiger partial charge is 0.368 e. The Labute approximate surface area is 191 Å². The first-order valence-corrected chi connectivity index (χ1v) is 11.0. The fraction of sp³-hybridized carbons (Fsp3) is 0.192. The first-order valence-electron chi connectivity index (χ1n) is 11.0. The Bertz CT molecular complexity index is 1320. The monoisotopic (exact) mass is 440 g/mol. The Morgan fingerprint density at radius 1 is 1.03 bits per heavy atom. The number of imidazole rings is 1. The Kier molecular flexibility index (Phi) is 5.62. The second kappa shape index (κ2) is 8.88. The molecule has 5 rings (SSSR count). The van der Waals surface area contributed by atoms with Gasteiger partial charge in [0.25, 0.3) is 11.8 Å². The number of hydrogen-bond donors (Lipinski definition) is 2. The van der Waals surface area contributed by atoms with E-state index in [-0.39, 0.29) is 11.8 Å². The Hall–Kier alpha value is -3.97. The van der Waals surface area contributed by atoms with E-state index in [0.717, 1.165) is 23.2 Å². The smallest absolute Gasteiger partial charge is 0.256 e. The van der Waals surface area contributed by atoms with Crippen molar-refractivity contribution in [2.75, 3.05) is 17.2 Å². The molecule has 0 aliphatic carbocycles. The fourth-order valence-electron chi connectivity index (χ4n) is 3.99.